The van der Waals surface area contributed by atoms with Gasteiger partial charge in [-0.15, -0.1) is 0 Å². The van der Waals surface area contributed by atoms with E-state index in [-0.39, 0.29) is 17.7 Å². The molecule has 14 heavy (non-hydrogen) atoms. The number of rotatable bonds is 3. The number of carboxylic acid groups (broad SMARTS) is 2. The molecule has 0 aliphatic rings. The third-order valence-electron chi connectivity index (χ3n) is 1.73. The first-order chi connectivity index (χ1) is 6.50. The first-order valence-corrected chi connectivity index (χ1v) is 3.84. The molecule has 74 valence electrons. The van der Waals surface area contributed by atoms with Crippen molar-refractivity contribution in [3.63, 3.8) is 0 Å². The van der Waals surface area contributed by atoms with Gasteiger partial charge < -0.3 is 15.9 Å². The molecular formula is C9H9NO4. The molecule has 0 aliphatic carbocycles. The highest BCUT2D eigenvalue weighted by molar-refractivity contribution is 5.89. The van der Waals surface area contributed by atoms with Crippen molar-refractivity contribution in [1.29, 1.82) is 0 Å². The van der Waals surface area contributed by atoms with Crippen molar-refractivity contribution >= 4 is 17.6 Å². The summed E-state index contributed by atoms with van der Waals surface area (Å²) in [6, 6.07) is 3.99. The minimum atomic E-state index is -1.08. The molecule has 0 aromatic heterocycles. The zero-order valence-corrected chi connectivity index (χ0v) is 7.23. The summed E-state index contributed by atoms with van der Waals surface area (Å²) >= 11 is 0. The summed E-state index contributed by atoms with van der Waals surface area (Å²) in [5, 5.41) is 17.1. The van der Waals surface area contributed by atoms with Gasteiger partial charge in [0.2, 0.25) is 0 Å². The maximum absolute atomic E-state index is 10.5. The van der Waals surface area contributed by atoms with Crippen LogP contribution in [0.1, 0.15) is 15.9 Å². The van der Waals surface area contributed by atoms with Gasteiger partial charge in [0.25, 0.3) is 0 Å². The molecule has 0 fully saturated rings. The number of hydrogen-bond donors (Lipinski definition) is 3. The highest BCUT2D eigenvalue weighted by atomic mass is 16.4. The van der Waals surface area contributed by atoms with Crippen LogP contribution in [0.15, 0.2) is 18.2 Å². The van der Waals surface area contributed by atoms with E-state index in [9.17, 15) is 9.59 Å². The highest BCUT2D eigenvalue weighted by Gasteiger charge is 2.08. The molecule has 1 rings (SSSR count). The van der Waals surface area contributed by atoms with E-state index in [0.29, 0.717) is 5.56 Å². The standard InChI is InChI=1S/C9H9NO4/c10-7-3-6(9(13)14)2-1-5(7)4-8(11)12/h1-3H,4,10H2,(H,11,12)(H,13,14). The molecule has 0 atom stereocenters. The molecule has 5 heteroatoms. The second-order valence-electron chi connectivity index (χ2n) is 2.79. The molecular weight excluding hydrogens is 186 g/mol. The number of benzene rings is 1. The van der Waals surface area contributed by atoms with Crippen LogP contribution in [0.4, 0.5) is 5.69 Å². The van der Waals surface area contributed by atoms with Gasteiger partial charge in [0.05, 0.1) is 12.0 Å². The Morgan fingerprint density at radius 1 is 1.29 bits per heavy atom. The van der Waals surface area contributed by atoms with Gasteiger partial charge in [-0.05, 0) is 17.7 Å². The van der Waals surface area contributed by atoms with Crippen LogP contribution >= 0.6 is 0 Å². The van der Waals surface area contributed by atoms with Crippen molar-refractivity contribution in [2.75, 3.05) is 5.73 Å². The Kier molecular flexibility index (Phi) is 2.71. The van der Waals surface area contributed by atoms with Gasteiger partial charge in [-0.3, -0.25) is 4.79 Å². The van der Waals surface area contributed by atoms with Gasteiger partial charge in [0.15, 0.2) is 0 Å². The number of carboxylic acids is 2. The summed E-state index contributed by atoms with van der Waals surface area (Å²) in [7, 11) is 0. The molecule has 0 aliphatic heterocycles. The van der Waals surface area contributed by atoms with Gasteiger partial charge in [0, 0.05) is 5.69 Å². The Morgan fingerprint density at radius 3 is 2.36 bits per heavy atom. The molecule has 0 unspecified atom stereocenters. The fraction of sp³-hybridized carbons (Fsp3) is 0.111. The van der Waals surface area contributed by atoms with Crippen LogP contribution in [0, 0.1) is 0 Å². The summed E-state index contributed by atoms with van der Waals surface area (Å²) in [5.41, 5.74) is 6.14. The van der Waals surface area contributed by atoms with Crippen molar-refractivity contribution in [1.82, 2.24) is 0 Å². The molecule has 0 heterocycles. The van der Waals surface area contributed by atoms with Crippen LogP contribution < -0.4 is 5.73 Å². The van der Waals surface area contributed by atoms with Crippen LogP contribution in [-0.4, -0.2) is 22.2 Å². The molecule has 0 saturated heterocycles. The van der Waals surface area contributed by atoms with E-state index in [1.165, 1.54) is 18.2 Å². The van der Waals surface area contributed by atoms with Crippen LogP contribution in [-0.2, 0) is 11.2 Å². The average molecular weight is 195 g/mol. The van der Waals surface area contributed by atoms with Gasteiger partial charge >= 0.3 is 11.9 Å². The van der Waals surface area contributed by atoms with E-state index in [1.54, 1.807) is 0 Å². The Labute approximate surface area is 79.8 Å². The average Bonchev–Trinajstić information content (AvgIpc) is 2.07. The lowest BCUT2D eigenvalue weighted by molar-refractivity contribution is -0.136. The number of aliphatic carboxylic acids is 1. The van der Waals surface area contributed by atoms with E-state index in [0.717, 1.165) is 0 Å². The number of nitrogens with two attached hydrogens (primary N) is 1. The Hall–Kier alpha value is -2.04. The van der Waals surface area contributed by atoms with Crippen molar-refractivity contribution in [3.05, 3.63) is 29.3 Å². The molecule has 0 amide bonds. The normalized spacial score (nSPS) is 9.71. The summed E-state index contributed by atoms with van der Waals surface area (Å²) in [6.07, 6.45) is -0.203. The predicted octanol–water partition coefficient (Wildman–Crippen LogP) is 0.594. The van der Waals surface area contributed by atoms with E-state index in [2.05, 4.69) is 0 Å². The molecule has 0 spiro atoms. The number of nitrogen functional groups attached to an aromatic ring is 1. The fourth-order valence-corrected chi connectivity index (χ4v) is 1.05. The lowest BCUT2D eigenvalue weighted by Gasteiger charge is -2.03. The quantitative estimate of drug-likeness (QED) is 0.613. The molecule has 0 saturated carbocycles. The van der Waals surface area contributed by atoms with E-state index in [1.807, 2.05) is 0 Å². The lowest BCUT2D eigenvalue weighted by Crippen LogP contribution is -2.05. The van der Waals surface area contributed by atoms with Crippen LogP contribution in [0.25, 0.3) is 0 Å². The van der Waals surface area contributed by atoms with Crippen molar-refractivity contribution in [2.24, 2.45) is 0 Å². The van der Waals surface area contributed by atoms with Crippen LogP contribution in [0.5, 0.6) is 0 Å². The lowest BCUT2D eigenvalue weighted by atomic mass is 10.1. The fourth-order valence-electron chi connectivity index (χ4n) is 1.05. The number of hydrogen-bond acceptors (Lipinski definition) is 3. The largest absolute Gasteiger partial charge is 0.481 e. The molecule has 1 aromatic carbocycles. The molecule has 5 nitrogen and oxygen atoms in total. The van der Waals surface area contributed by atoms with Gasteiger partial charge in [-0.25, -0.2) is 4.79 Å². The first kappa shape index (κ1) is 10.0. The monoisotopic (exact) mass is 195 g/mol. The first-order valence-electron chi connectivity index (χ1n) is 3.84. The Bertz CT molecular complexity index is 386. The van der Waals surface area contributed by atoms with Crippen LogP contribution in [0.2, 0.25) is 0 Å². The topological polar surface area (TPSA) is 101 Å². The van der Waals surface area contributed by atoms with E-state index >= 15 is 0 Å². The van der Waals surface area contributed by atoms with Gasteiger partial charge in [0.1, 0.15) is 0 Å². The summed E-state index contributed by atoms with van der Waals surface area (Å²) in [6.45, 7) is 0. The predicted molar refractivity (Wildman–Crippen MR) is 49.2 cm³/mol. The van der Waals surface area contributed by atoms with Gasteiger partial charge in [-0.2, -0.15) is 0 Å². The molecule has 4 N–H and O–H groups in total. The minimum Gasteiger partial charge on any atom is -0.481 e. The van der Waals surface area contributed by atoms with Gasteiger partial charge in [-0.1, -0.05) is 6.07 Å². The SMILES string of the molecule is Nc1cc(C(=O)O)ccc1CC(=O)O. The number of anilines is 1. The molecule has 0 radical (unpaired) electrons. The van der Waals surface area contributed by atoms with Crippen LogP contribution in [0.3, 0.4) is 0 Å². The van der Waals surface area contributed by atoms with Crippen molar-refractivity contribution in [3.8, 4) is 0 Å². The maximum Gasteiger partial charge on any atom is 0.335 e. The molecule has 0 bridgehead atoms. The third kappa shape index (κ3) is 2.22. The number of carbonyl (C=O) groups is 2. The zero-order valence-electron chi connectivity index (χ0n) is 7.23. The van der Waals surface area contributed by atoms with Crippen molar-refractivity contribution < 1.29 is 19.8 Å². The van der Waals surface area contributed by atoms with Crippen molar-refractivity contribution in [2.45, 2.75) is 6.42 Å². The second-order valence-corrected chi connectivity index (χ2v) is 2.79. The Morgan fingerprint density at radius 2 is 1.93 bits per heavy atom. The Balaban J connectivity index is 3.01. The maximum atomic E-state index is 10.5. The highest BCUT2D eigenvalue weighted by Crippen LogP contribution is 2.14. The van der Waals surface area contributed by atoms with E-state index in [4.69, 9.17) is 15.9 Å². The summed E-state index contributed by atoms with van der Waals surface area (Å²) in [5.74, 6) is -2.08. The zero-order chi connectivity index (χ0) is 10.7. The second kappa shape index (κ2) is 3.78. The summed E-state index contributed by atoms with van der Waals surface area (Å²) < 4.78 is 0. The minimum absolute atomic E-state index is 0.0524. The van der Waals surface area contributed by atoms with E-state index < -0.39 is 11.9 Å². The third-order valence-corrected chi connectivity index (χ3v) is 1.73. The number of aromatic carboxylic acids is 1. The molecule has 1 aromatic rings. The smallest absolute Gasteiger partial charge is 0.335 e. The summed E-state index contributed by atoms with van der Waals surface area (Å²) in [4.78, 5) is 20.9.